The molecule has 4 saturated carbocycles. The fourth-order valence-electron chi connectivity index (χ4n) is 5.63. The number of hydrogen-bond acceptors (Lipinski definition) is 2. The maximum Gasteiger partial charge on any atom is 0.322 e. The van der Waals surface area contributed by atoms with Gasteiger partial charge in [-0.05, 0) is 74.8 Å². The van der Waals surface area contributed by atoms with E-state index in [2.05, 4.69) is 5.32 Å². The first-order valence-electron chi connectivity index (χ1n) is 9.01. The number of phenolic OH excluding ortho intramolecular Hbond substituents is 1. The van der Waals surface area contributed by atoms with Gasteiger partial charge in [0.05, 0.1) is 10.7 Å². The monoisotopic (exact) mass is 382 g/mol. The molecule has 0 heterocycles. The van der Waals surface area contributed by atoms with Crippen LogP contribution in [0, 0.1) is 24.7 Å². The van der Waals surface area contributed by atoms with Crippen LogP contribution in [0.1, 0.15) is 44.1 Å². The maximum absolute atomic E-state index is 12.9. The van der Waals surface area contributed by atoms with E-state index in [1.807, 2.05) is 0 Å². The largest absolute Gasteiger partial charge is 0.504 e. The molecule has 0 unspecified atom stereocenters. The first kappa shape index (κ1) is 17.3. The maximum atomic E-state index is 12.9. The van der Waals surface area contributed by atoms with Crippen molar-refractivity contribution in [1.82, 2.24) is 5.32 Å². The summed E-state index contributed by atoms with van der Waals surface area (Å²) in [5, 5.41) is 14.3. The van der Waals surface area contributed by atoms with Crippen molar-refractivity contribution in [3.05, 3.63) is 21.7 Å². The molecule has 0 aromatic heterocycles. The van der Waals surface area contributed by atoms with Gasteiger partial charge in [0.1, 0.15) is 0 Å². The summed E-state index contributed by atoms with van der Waals surface area (Å²) in [6, 6.07) is 1.39. The zero-order chi connectivity index (χ0) is 17.9. The third kappa shape index (κ3) is 2.87. The number of anilines is 1. The second-order valence-corrected chi connectivity index (χ2v) is 9.14. The number of rotatable bonds is 2. The summed E-state index contributed by atoms with van der Waals surface area (Å²) in [7, 11) is 1.65. The highest BCUT2D eigenvalue weighted by Crippen LogP contribution is 2.55. The Morgan fingerprint density at radius 3 is 2.24 bits per heavy atom. The average Bonchev–Trinajstić information content (AvgIpc) is 2.54. The lowest BCUT2D eigenvalue weighted by Crippen LogP contribution is -2.61. The molecule has 2 N–H and O–H groups in total. The van der Waals surface area contributed by atoms with Gasteiger partial charge in [0.2, 0.25) is 0 Å². The van der Waals surface area contributed by atoms with Crippen LogP contribution in [0.5, 0.6) is 5.75 Å². The van der Waals surface area contributed by atoms with Crippen LogP contribution >= 0.6 is 23.2 Å². The van der Waals surface area contributed by atoms with Crippen molar-refractivity contribution in [3.63, 3.8) is 0 Å². The van der Waals surface area contributed by atoms with Gasteiger partial charge in [0.15, 0.2) is 5.75 Å². The van der Waals surface area contributed by atoms with Crippen LogP contribution in [0.15, 0.2) is 6.07 Å². The normalized spacial score (nSPS) is 32.7. The van der Waals surface area contributed by atoms with Crippen LogP contribution in [0.25, 0.3) is 0 Å². The van der Waals surface area contributed by atoms with E-state index in [1.54, 1.807) is 20.0 Å². The summed E-state index contributed by atoms with van der Waals surface area (Å²) in [6.07, 6.45) is 7.23. The minimum atomic E-state index is -0.201. The van der Waals surface area contributed by atoms with Gasteiger partial charge in [-0.1, -0.05) is 23.2 Å². The first-order chi connectivity index (χ1) is 11.8. The zero-order valence-electron chi connectivity index (χ0n) is 14.6. The van der Waals surface area contributed by atoms with Gasteiger partial charge in [-0.3, -0.25) is 4.90 Å². The average molecular weight is 383 g/mol. The predicted molar refractivity (Wildman–Crippen MR) is 101 cm³/mol. The number of nitrogens with zero attached hydrogens (tertiary/aromatic N) is 1. The number of urea groups is 1. The Morgan fingerprint density at radius 2 is 1.72 bits per heavy atom. The molecule has 4 bridgehead atoms. The third-order valence-electron chi connectivity index (χ3n) is 6.48. The van der Waals surface area contributed by atoms with Crippen LogP contribution in [0.2, 0.25) is 10.0 Å². The standard InChI is InChI=1S/C19H24Cl2N2O2/c1-10-14(20)6-15(17(24)16(10)21)23(2)18(25)22-19-7-11-3-12(8-19)5-13(4-11)9-19/h6,11-13,24H,3-5,7-9H2,1-2H3,(H,22,25). The number of aromatic hydroxyl groups is 1. The van der Waals surface area contributed by atoms with Crippen molar-refractivity contribution in [2.75, 3.05) is 11.9 Å². The van der Waals surface area contributed by atoms with Crippen molar-refractivity contribution in [2.24, 2.45) is 17.8 Å². The van der Waals surface area contributed by atoms with Crippen LogP contribution in [0.3, 0.4) is 0 Å². The molecule has 25 heavy (non-hydrogen) atoms. The molecule has 2 amide bonds. The smallest absolute Gasteiger partial charge is 0.322 e. The highest BCUT2D eigenvalue weighted by molar-refractivity contribution is 6.37. The third-order valence-corrected chi connectivity index (χ3v) is 7.33. The molecule has 1 aromatic carbocycles. The number of nitrogens with one attached hydrogen (secondary N) is 1. The SMILES string of the molecule is Cc1c(Cl)cc(N(C)C(=O)NC23CC4CC(CC(C4)C2)C3)c(O)c1Cl. The van der Waals surface area contributed by atoms with Gasteiger partial charge in [0, 0.05) is 17.6 Å². The molecular formula is C19H24Cl2N2O2. The molecule has 4 aliphatic rings. The van der Waals surface area contributed by atoms with E-state index < -0.39 is 0 Å². The quantitative estimate of drug-likeness (QED) is 0.745. The van der Waals surface area contributed by atoms with E-state index in [9.17, 15) is 9.90 Å². The van der Waals surface area contributed by atoms with Gasteiger partial charge in [0.25, 0.3) is 0 Å². The van der Waals surface area contributed by atoms with Gasteiger partial charge in [-0.25, -0.2) is 4.79 Å². The lowest BCUT2D eigenvalue weighted by Gasteiger charge is -2.57. The zero-order valence-corrected chi connectivity index (χ0v) is 16.1. The second kappa shape index (κ2) is 5.95. The summed E-state index contributed by atoms with van der Waals surface area (Å²) in [5.41, 5.74) is 0.871. The molecule has 0 saturated heterocycles. The molecule has 1 aromatic rings. The molecule has 5 rings (SSSR count). The Bertz CT molecular complexity index is 699. The number of amides is 2. The molecule has 0 atom stereocenters. The highest BCUT2D eigenvalue weighted by atomic mass is 35.5. The number of phenols is 1. The van der Waals surface area contributed by atoms with Crippen molar-refractivity contribution >= 4 is 34.9 Å². The van der Waals surface area contributed by atoms with Gasteiger partial charge in [-0.2, -0.15) is 0 Å². The predicted octanol–water partition coefficient (Wildman–Crippen LogP) is 5.12. The number of carbonyl (C=O) groups is 1. The molecule has 4 fully saturated rings. The minimum absolute atomic E-state index is 0.0754. The topological polar surface area (TPSA) is 52.6 Å². The molecule has 4 aliphatic carbocycles. The van der Waals surface area contributed by atoms with Crippen LogP contribution in [-0.4, -0.2) is 23.7 Å². The Balaban J connectivity index is 1.56. The summed E-state index contributed by atoms with van der Waals surface area (Å²) >= 11 is 12.3. The lowest BCUT2D eigenvalue weighted by molar-refractivity contribution is -0.0130. The fourth-order valence-corrected chi connectivity index (χ4v) is 6.08. The van der Waals surface area contributed by atoms with E-state index in [0.717, 1.165) is 37.0 Å². The molecule has 6 heteroatoms. The summed E-state index contributed by atoms with van der Waals surface area (Å²) < 4.78 is 0. The van der Waals surface area contributed by atoms with Crippen molar-refractivity contribution in [2.45, 2.75) is 51.0 Å². The van der Waals surface area contributed by atoms with E-state index in [1.165, 1.54) is 24.2 Å². The van der Waals surface area contributed by atoms with E-state index in [0.29, 0.717) is 16.3 Å². The highest BCUT2D eigenvalue weighted by Gasteiger charge is 2.51. The number of hydrogen-bond donors (Lipinski definition) is 2. The first-order valence-corrected chi connectivity index (χ1v) is 9.77. The molecule has 0 spiro atoms. The Kier molecular flexibility index (Phi) is 4.12. The summed E-state index contributed by atoms with van der Waals surface area (Å²) in [6.45, 7) is 1.74. The van der Waals surface area contributed by atoms with Crippen LogP contribution in [0.4, 0.5) is 10.5 Å². The van der Waals surface area contributed by atoms with Gasteiger partial charge >= 0.3 is 6.03 Å². The Morgan fingerprint density at radius 1 is 1.20 bits per heavy atom. The van der Waals surface area contributed by atoms with Crippen LogP contribution in [-0.2, 0) is 0 Å². The van der Waals surface area contributed by atoms with Crippen molar-refractivity contribution in [1.29, 1.82) is 0 Å². The van der Waals surface area contributed by atoms with Crippen molar-refractivity contribution in [3.8, 4) is 5.75 Å². The van der Waals surface area contributed by atoms with Gasteiger partial charge in [-0.15, -0.1) is 0 Å². The fraction of sp³-hybridized carbons (Fsp3) is 0.632. The van der Waals surface area contributed by atoms with Crippen molar-refractivity contribution < 1.29 is 9.90 Å². The van der Waals surface area contributed by atoms with E-state index in [4.69, 9.17) is 23.2 Å². The summed E-state index contributed by atoms with van der Waals surface area (Å²) in [4.78, 5) is 14.3. The Hall–Kier alpha value is -1.13. The second-order valence-electron chi connectivity index (χ2n) is 8.35. The molecule has 136 valence electrons. The molecule has 0 aliphatic heterocycles. The van der Waals surface area contributed by atoms with Crippen LogP contribution < -0.4 is 10.2 Å². The van der Waals surface area contributed by atoms with Gasteiger partial charge < -0.3 is 10.4 Å². The number of carbonyl (C=O) groups excluding carboxylic acids is 1. The lowest BCUT2D eigenvalue weighted by atomic mass is 9.53. The molecular weight excluding hydrogens is 359 g/mol. The summed E-state index contributed by atoms with van der Waals surface area (Å²) in [5.74, 6) is 2.17. The number of benzene rings is 1. The Labute approximate surface area is 158 Å². The molecule has 0 radical (unpaired) electrons. The number of halogens is 2. The molecule has 4 nitrogen and oxygen atoms in total. The van der Waals surface area contributed by atoms with E-state index in [-0.39, 0.29) is 22.3 Å². The van der Waals surface area contributed by atoms with E-state index >= 15 is 0 Å². The minimum Gasteiger partial charge on any atom is -0.504 e.